The largest absolute Gasteiger partial charge is 0.481 e. The zero-order valence-corrected chi connectivity index (χ0v) is 11.1. The van der Waals surface area contributed by atoms with Gasteiger partial charge < -0.3 is 5.11 Å². The molecule has 1 N–H and O–H groups in total. The Labute approximate surface area is 117 Å². The lowest BCUT2D eigenvalue weighted by atomic mass is 9.86. The van der Waals surface area contributed by atoms with Crippen LogP contribution in [0.25, 0.3) is 10.8 Å². The summed E-state index contributed by atoms with van der Waals surface area (Å²) >= 11 is 0. The smallest absolute Gasteiger partial charge is 0.307 e. The fourth-order valence-corrected chi connectivity index (χ4v) is 3.21. The van der Waals surface area contributed by atoms with E-state index in [1.54, 1.807) is 0 Å². The van der Waals surface area contributed by atoms with E-state index < -0.39 is 11.9 Å². The van der Waals surface area contributed by atoms with E-state index in [2.05, 4.69) is 0 Å². The molecule has 2 aromatic carbocycles. The highest BCUT2D eigenvalue weighted by Gasteiger charge is 2.38. The molecule has 3 nitrogen and oxygen atoms in total. The van der Waals surface area contributed by atoms with Crippen molar-refractivity contribution in [2.75, 3.05) is 0 Å². The van der Waals surface area contributed by atoms with Crippen LogP contribution in [0.1, 0.15) is 29.6 Å². The van der Waals surface area contributed by atoms with E-state index in [9.17, 15) is 14.7 Å². The van der Waals surface area contributed by atoms with Gasteiger partial charge in [0.1, 0.15) is 0 Å². The third-order valence-corrected chi connectivity index (χ3v) is 4.23. The molecule has 102 valence electrons. The molecular formula is C17H16O3. The summed E-state index contributed by atoms with van der Waals surface area (Å²) in [4.78, 5) is 24.0. The number of Topliss-reactive ketones (excluding diaryl/α,β-unsaturated/α-hetero) is 1. The Kier molecular flexibility index (Phi) is 3.26. The van der Waals surface area contributed by atoms with E-state index in [1.165, 1.54) is 0 Å². The number of benzene rings is 2. The Morgan fingerprint density at radius 1 is 0.950 bits per heavy atom. The molecule has 1 fully saturated rings. The van der Waals surface area contributed by atoms with Crippen LogP contribution in [-0.4, -0.2) is 16.9 Å². The van der Waals surface area contributed by atoms with Crippen molar-refractivity contribution in [2.24, 2.45) is 11.8 Å². The summed E-state index contributed by atoms with van der Waals surface area (Å²) in [5.74, 6) is -1.77. The molecule has 2 atom stereocenters. The minimum atomic E-state index is -0.846. The number of aliphatic carboxylic acids is 1. The molecule has 0 spiro atoms. The number of carbonyl (C=O) groups is 2. The maximum atomic E-state index is 12.7. The average molecular weight is 268 g/mol. The standard InChI is InChI=1S/C17H16O3/c18-16(14-9-4-10-15(14)17(19)20)13-8-3-6-11-5-1-2-7-12(11)13/h1-3,5-8,14-15H,4,9-10H2,(H,19,20). The minimum absolute atomic E-state index is 0.0216. The number of ketones is 1. The van der Waals surface area contributed by atoms with Crippen molar-refractivity contribution in [1.82, 2.24) is 0 Å². The van der Waals surface area contributed by atoms with Crippen LogP contribution in [0.15, 0.2) is 42.5 Å². The number of hydrogen-bond donors (Lipinski definition) is 1. The molecule has 3 rings (SSSR count). The van der Waals surface area contributed by atoms with Gasteiger partial charge in [-0.2, -0.15) is 0 Å². The summed E-state index contributed by atoms with van der Waals surface area (Å²) in [6, 6.07) is 13.4. The van der Waals surface area contributed by atoms with Gasteiger partial charge in [-0.15, -0.1) is 0 Å². The van der Waals surface area contributed by atoms with Crippen molar-refractivity contribution < 1.29 is 14.7 Å². The molecule has 2 unspecified atom stereocenters. The highest BCUT2D eigenvalue weighted by atomic mass is 16.4. The lowest BCUT2D eigenvalue weighted by Crippen LogP contribution is -2.25. The topological polar surface area (TPSA) is 54.4 Å². The number of fused-ring (bicyclic) bond motifs is 1. The van der Waals surface area contributed by atoms with Gasteiger partial charge in [-0.1, -0.05) is 48.9 Å². The van der Waals surface area contributed by atoms with Crippen molar-refractivity contribution in [1.29, 1.82) is 0 Å². The van der Waals surface area contributed by atoms with Gasteiger partial charge in [-0.05, 0) is 23.6 Å². The van der Waals surface area contributed by atoms with Crippen molar-refractivity contribution in [3.63, 3.8) is 0 Å². The van der Waals surface area contributed by atoms with Gasteiger partial charge >= 0.3 is 5.97 Å². The van der Waals surface area contributed by atoms with E-state index >= 15 is 0 Å². The van der Waals surface area contributed by atoms with E-state index in [-0.39, 0.29) is 11.7 Å². The van der Waals surface area contributed by atoms with Crippen LogP contribution in [-0.2, 0) is 4.79 Å². The molecule has 1 aliphatic carbocycles. The van der Waals surface area contributed by atoms with Crippen molar-refractivity contribution >= 4 is 22.5 Å². The Morgan fingerprint density at radius 3 is 2.45 bits per heavy atom. The Balaban J connectivity index is 2.03. The summed E-state index contributed by atoms with van der Waals surface area (Å²) < 4.78 is 0. The van der Waals surface area contributed by atoms with E-state index in [4.69, 9.17) is 0 Å². The lowest BCUT2D eigenvalue weighted by Gasteiger charge is -2.15. The molecule has 20 heavy (non-hydrogen) atoms. The van der Waals surface area contributed by atoms with Crippen molar-refractivity contribution in [2.45, 2.75) is 19.3 Å². The summed E-state index contributed by atoms with van der Waals surface area (Å²) in [5.41, 5.74) is 0.654. The molecule has 1 aliphatic rings. The quantitative estimate of drug-likeness (QED) is 0.866. The summed E-state index contributed by atoms with van der Waals surface area (Å²) in [6.07, 6.45) is 2.10. The highest BCUT2D eigenvalue weighted by Crippen LogP contribution is 2.35. The molecule has 0 radical (unpaired) electrons. The number of carbonyl (C=O) groups excluding carboxylic acids is 1. The summed E-state index contributed by atoms with van der Waals surface area (Å²) in [7, 11) is 0. The maximum Gasteiger partial charge on any atom is 0.307 e. The third-order valence-electron chi connectivity index (χ3n) is 4.23. The minimum Gasteiger partial charge on any atom is -0.481 e. The van der Waals surface area contributed by atoms with Gasteiger partial charge in [0.15, 0.2) is 5.78 Å². The van der Waals surface area contributed by atoms with E-state index in [0.29, 0.717) is 18.4 Å². The molecule has 3 heteroatoms. The first-order valence-corrected chi connectivity index (χ1v) is 6.93. The van der Waals surface area contributed by atoms with E-state index in [1.807, 2.05) is 42.5 Å². The van der Waals surface area contributed by atoms with Gasteiger partial charge in [0.05, 0.1) is 5.92 Å². The molecule has 0 heterocycles. The third kappa shape index (κ3) is 2.09. The fourth-order valence-electron chi connectivity index (χ4n) is 3.21. The predicted octanol–water partition coefficient (Wildman–Crippen LogP) is 3.52. The van der Waals surface area contributed by atoms with Crippen LogP contribution in [0.5, 0.6) is 0 Å². The van der Waals surface area contributed by atoms with Crippen LogP contribution in [0, 0.1) is 11.8 Å². The first-order valence-electron chi connectivity index (χ1n) is 6.93. The molecule has 0 bridgehead atoms. The van der Waals surface area contributed by atoms with Gasteiger partial charge in [0.2, 0.25) is 0 Å². The molecule has 1 saturated carbocycles. The molecular weight excluding hydrogens is 252 g/mol. The number of rotatable bonds is 3. The average Bonchev–Trinajstić information content (AvgIpc) is 2.95. The molecule has 0 aromatic heterocycles. The second-order valence-corrected chi connectivity index (χ2v) is 5.37. The Morgan fingerprint density at radius 2 is 1.65 bits per heavy atom. The fraction of sp³-hybridized carbons (Fsp3) is 0.294. The summed E-state index contributed by atoms with van der Waals surface area (Å²) in [5, 5.41) is 11.2. The monoisotopic (exact) mass is 268 g/mol. The van der Waals surface area contributed by atoms with E-state index in [0.717, 1.165) is 17.2 Å². The second-order valence-electron chi connectivity index (χ2n) is 5.37. The number of carboxylic acids is 1. The predicted molar refractivity (Wildman–Crippen MR) is 76.7 cm³/mol. The normalized spacial score (nSPS) is 22.0. The molecule has 0 aliphatic heterocycles. The van der Waals surface area contributed by atoms with Crippen LogP contribution in [0.4, 0.5) is 0 Å². The van der Waals surface area contributed by atoms with Crippen LogP contribution in [0.3, 0.4) is 0 Å². The van der Waals surface area contributed by atoms with Crippen molar-refractivity contribution in [3.05, 3.63) is 48.0 Å². The zero-order chi connectivity index (χ0) is 14.1. The molecule has 0 amide bonds. The number of carboxylic acid groups (broad SMARTS) is 1. The van der Waals surface area contributed by atoms with Crippen LogP contribution in [0.2, 0.25) is 0 Å². The van der Waals surface area contributed by atoms with Gasteiger partial charge in [-0.25, -0.2) is 0 Å². The Bertz CT molecular complexity index is 669. The molecule has 2 aromatic rings. The van der Waals surface area contributed by atoms with Crippen molar-refractivity contribution in [3.8, 4) is 0 Å². The summed E-state index contributed by atoms with van der Waals surface area (Å²) in [6.45, 7) is 0. The van der Waals surface area contributed by atoms with Crippen LogP contribution >= 0.6 is 0 Å². The second kappa shape index (κ2) is 5.08. The number of hydrogen-bond acceptors (Lipinski definition) is 2. The van der Waals surface area contributed by atoms with Gasteiger partial charge in [0.25, 0.3) is 0 Å². The maximum absolute atomic E-state index is 12.7. The first kappa shape index (κ1) is 12.9. The van der Waals surface area contributed by atoms with Crippen LogP contribution < -0.4 is 0 Å². The van der Waals surface area contributed by atoms with Gasteiger partial charge in [-0.3, -0.25) is 9.59 Å². The molecule has 0 saturated heterocycles. The lowest BCUT2D eigenvalue weighted by molar-refractivity contribution is -0.142. The SMILES string of the molecule is O=C(O)C1CCCC1C(=O)c1cccc2ccccc12. The zero-order valence-electron chi connectivity index (χ0n) is 11.1. The highest BCUT2D eigenvalue weighted by molar-refractivity contribution is 6.10. The van der Waals surface area contributed by atoms with Gasteiger partial charge in [0, 0.05) is 11.5 Å². The Hall–Kier alpha value is -2.16. The first-order chi connectivity index (χ1) is 9.68.